The fourth-order valence-corrected chi connectivity index (χ4v) is 2.13. The highest BCUT2D eigenvalue weighted by atomic mass is 16.7. The van der Waals surface area contributed by atoms with Crippen LogP contribution >= 0.6 is 0 Å². The molecular formula is C12H23NO9. The number of carbonyl (C=O) groups excluding carboxylic acids is 1. The van der Waals surface area contributed by atoms with Crippen LogP contribution in [-0.4, -0.2) is 99.2 Å². The summed E-state index contributed by atoms with van der Waals surface area (Å²) < 4.78 is 10.4. The van der Waals surface area contributed by atoms with Gasteiger partial charge in [0.2, 0.25) is 5.91 Å². The third kappa shape index (κ3) is 4.57. The van der Waals surface area contributed by atoms with Crippen LogP contribution < -0.4 is 5.32 Å². The van der Waals surface area contributed by atoms with E-state index in [0.29, 0.717) is 0 Å². The number of ether oxygens (including phenoxy) is 2. The first kappa shape index (κ1) is 19.2. The Kier molecular flexibility index (Phi) is 7.59. The second kappa shape index (κ2) is 8.70. The summed E-state index contributed by atoms with van der Waals surface area (Å²) in [7, 11) is 0. The average Bonchev–Trinajstić information content (AvgIpc) is 2.50. The third-order valence-electron chi connectivity index (χ3n) is 3.37. The topological polar surface area (TPSA) is 169 Å². The Labute approximate surface area is 126 Å². The van der Waals surface area contributed by atoms with Crippen molar-refractivity contribution in [2.45, 2.75) is 49.8 Å². The Balaban J connectivity index is 2.77. The van der Waals surface area contributed by atoms with E-state index in [1.54, 1.807) is 0 Å². The van der Waals surface area contributed by atoms with Gasteiger partial charge in [-0.15, -0.1) is 0 Å². The van der Waals surface area contributed by atoms with Crippen LogP contribution in [0.3, 0.4) is 0 Å². The van der Waals surface area contributed by atoms with Gasteiger partial charge in [0, 0.05) is 6.92 Å². The average molecular weight is 325 g/mol. The normalized spacial score (nSPS) is 35.0. The number of aliphatic hydroxyl groups excluding tert-OH is 6. The maximum absolute atomic E-state index is 11.0. The molecule has 0 aromatic heterocycles. The number of nitrogens with one attached hydrogen (secondary N) is 1. The first-order valence-electron chi connectivity index (χ1n) is 6.80. The molecule has 1 saturated heterocycles. The Morgan fingerprint density at radius 2 is 1.77 bits per heavy atom. The molecule has 0 aromatic rings. The minimum Gasteiger partial charge on any atom is -0.394 e. The van der Waals surface area contributed by atoms with E-state index in [0.717, 1.165) is 0 Å². The Hall–Kier alpha value is -0.850. The summed E-state index contributed by atoms with van der Waals surface area (Å²) in [6.45, 7) is -0.558. The molecule has 0 bridgehead atoms. The SMILES string of the molecule is CC(=O)N[C@@H](CO)[C@H](CO)O[C@@H]1O[C@H](CO)[C@H](O)[C@H](O)[C@H]1O. The van der Waals surface area contributed by atoms with Crippen molar-refractivity contribution in [3.63, 3.8) is 0 Å². The molecule has 0 aliphatic carbocycles. The molecule has 1 heterocycles. The molecule has 1 amide bonds. The van der Waals surface area contributed by atoms with Gasteiger partial charge in [-0.3, -0.25) is 4.79 Å². The van der Waals surface area contributed by atoms with Crippen LogP contribution in [0.2, 0.25) is 0 Å². The highest BCUT2D eigenvalue weighted by Crippen LogP contribution is 2.23. The molecule has 0 spiro atoms. The third-order valence-corrected chi connectivity index (χ3v) is 3.37. The number of hydrogen-bond acceptors (Lipinski definition) is 9. The van der Waals surface area contributed by atoms with E-state index in [9.17, 15) is 30.3 Å². The summed E-state index contributed by atoms with van der Waals surface area (Å²) in [4.78, 5) is 11.0. The smallest absolute Gasteiger partial charge is 0.217 e. The Morgan fingerprint density at radius 1 is 1.14 bits per heavy atom. The molecule has 1 aliphatic heterocycles. The van der Waals surface area contributed by atoms with Gasteiger partial charge in [-0.2, -0.15) is 0 Å². The van der Waals surface area contributed by atoms with Crippen molar-refractivity contribution in [3.8, 4) is 0 Å². The van der Waals surface area contributed by atoms with Crippen molar-refractivity contribution in [1.82, 2.24) is 5.32 Å². The first-order valence-corrected chi connectivity index (χ1v) is 6.80. The van der Waals surface area contributed by atoms with E-state index < -0.39 is 68.6 Å². The number of hydrogen-bond donors (Lipinski definition) is 7. The van der Waals surface area contributed by atoms with Gasteiger partial charge in [0.15, 0.2) is 6.29 Å². The molecule has 22 heavy (non-hydrogen) atoms. The number of carbonyl (C=O) groups is 1. The zero-order valence-electron chi connectivity index (χ0n) is 12.1. The summed E-state index contributed by atoms with van der Waals surface area (Å²) in [5.74, 6) is -0.463. The zero-order chi connectivity index (χ0) is 16.9. The fourth-order valence-electron chi connectivity index (χ4n) is 2.13. The number of aliphatic hydroxyl groups is 6. The molecule has 10 heteroatoms. The molecule has 10 nitrogen and oxygen atoms in total. The van der Waals surface area contributed by atoms with Gasteiger partial charge in [0.1, 0.15) is 30.5 Å². The van der Waals surface area contributed by atoms with Crippen LogP contribution in [0.5, 0.6) is 0 Å². The zero-order valence-corrected chi connectivity index (χ0v) is 12.1. The van der Waals surface area contributed by atoms with E-state index in [1.807, 2.05) is 0 Å². The molecule has 0 aromatic carbocycles. The van der Waals surface area contributed by atoms with Gasteiger partial charge in [-0.25, -0.2) is 0 Å². The van der Waals surface area contributed by atoms with Crippen LogP contribution in [0.25, 0.3) is 0 Å². The van der Waals surface area contributed by atoms with Gasteiger partial charge in [0.05, 0.1) is 25.9 Å². The lowest BCUT2D eigenvalue weighted by Crippen LogP contribution is -2.61. The first-order chi connectivity index (χ1) is 10.3. The van der Waals surface area contributed by atoms with Crippen LogP contribution in [0, 0.1) is 0 Å². The van der Waals surface area contributed by atoms with Crippen molar-refractivity contribution < 1.29 is 44.9 Å². The standard InChI is InChI=1S/C12H23NO9/c1-5(17)13-6(2-14)7(3-15)21-12-11(20)10(19)9(18)8(4-16)22-12/h6-12,14-16,18-20H,2-4H2,1H3,(H,13,17)/t6-,7-,8+,9-,10-,11+,12+/m0/s1. The summed E-state index contributed by atoms with van der Waals surface area (Å²) in [6, 6.07) is -0.963. The van der Waals surface area contributed by atoms with Crippen molar-refractivity contribution >= 4 is 5.91 Å². The monoisotopic (exact) mass is 325 g/mol. The van der Waals surface area contributed by atoms with E-state index in [2.05, 4.69) is 5.32 Å². The molecule has 1 aliphatic rings. The van der Waals surface area contributed by atoms with E-state index in [4.69, 9.17) is 14.6 Å². The molecule has 7 atom stereocenters. The van der Waals surface area contributed by atoms with Gasteiger partial charge in [0.25, 0.3) is 0 Å². The molecule has 130 valence electrons. The maximum Gasteiger partial charge on any atom is 0.217 e. The van der Waals surface area contributed by atoms with Crippen LogP contribution in [0.4, 0.5) is 0 Å². The van der Waals surface area contributed by atoms with Crippen molar-refractivity contribution in [2.75, 3.05) is 19.8 Å². The Bertz CT molecular complexity index is 353. The predicted molar refractivity (Wildman–Crippen MR) is 70.4 cm³/mol. The van der Waals surface area contributed by atoms with Gasteiger partial charge < -0.3 is 45.4 Å². The largest absolute Gasteiger partial charge is 0.394 e. The lowest BCUT2D eigenvalue weighted by atomic mass is 9.99. The van der Waals surface area contributed by atoms with Gasteiger partial charge in [-0.1, -0.05) is 0 Å². The summed E-state index contributed by atoms with van der Waals surface area (Å²) in [5, 5.41) is 59.1. The van der Waals surface area contributed by atoms with Gasteiger partial charge >= 0.3 is 0 Å². The second-order valence-electron chi connectivity index (χ2n) is 5.04. The van der Waals surface area contributed by atoms with Crippen LogP contribution in [0.15, 0.2) is 0 Å². The predicted octanol–water partition coefficient (Wildman–Crippen LogP) is -4.34. The van der Waals surface area contributed by atoms with E-state index in [1.165, 1.54) is 6.92 Å². The minimum atomic E-state index is -1.64. The molecule has 0 radical (unpaired) electrons. The number of amides is 1. The van der Waals surface area contributed by atoms with Gasteiger partial charge in [-0.05, 0) is 0 Å². The lowest BCUT2D eigenvalue weighted by Gasteiger charge is -2.41. The Morgan fingerprint density at radius 3 is 2.23 bits per heavy atom. The molecule has 0 unspecified atom stereocenters. The molecule has 7 N–H and O–H groups in total. The lowest BCUT2D eigenvalue weighted by molar-refractivity contribution is -0.315. The molecule has 0 saturated carbocycles. The second-order valence-corrected chi connectivity index (χ2v) is 5.04. The molecule has 1 rings (SSSR count). The van der Waals surface area contributed by atoms with Crippen molar-refractivity contribution in [1.29, 1.82) is 0 Å². The minimum absolute atomic E-state index is 0.463. The maximum atomic E-state index is 11.0. The summed E-state index contributed by atoms with van der Waals surface area (Å²) >= 11 is 0. The quantitative estimate of drug-likeness (QED) is 0.244. The molecule has 1 fully saturated rings. The highest BCUT2D eigenvalue weighted by molar-refractivity contribution is 5.73. The highest BCUT2D eigenvalue weighted by Gasteiger charge is 2.45. The van der Waals surface area contributed by atoms with E-state index in [-0.39, 0.29) is 0 Å². The van der Waals surface area contributed by atoms with Crippen LogP contribution in [0.1, 0.15) is 6.92 Å². The summed E-state index contributed by atoms with van der Waals surface area (Å²) in [5.41, 5.74) is 0. The summed E-state index contributed by atoms with van der Waals surface area (Å²) in [6.07, 6.45) is -8.54. The van der Waals surface area contributed by atoms with Crippen molar-refractivity contribution in [3.05, 3.63) is 0 Å². The number of rotatable bonds is 7. The van der Waals surface area contributed by atoms with Crippen LogP contribution in [-0.2, 0) is 14.3 Å². The van der Waals surface area contributed by atoms with E-state index >= 15 is 0 Å². The van der Waals surface area contributed by atoms with Crippen molar-refractivity contribution in [2.24, 2.45) is 0 Å². The molecular weight excluding hydrogens is 302 g/mol. The fraction of sp³-hybridized carbons (Fsp3) is 0.917.